The fourth-order valence-corrected chi connectivity index (χ4v) is 1.98. The van der Waals surface area contributed by atoms with Crippen LogP contribution in [0.1, 0.15) is 39.0 Å². The van der Waals surface area contributed by atoms with Crippen LogP contribution in [0.4, 0.5) is 0 Å². The summed E-state index contributed by atoms with van der Waals surface area (Å²) in [6, 6.07) is 4.68. The minimum atomic E-state index is -0.471. The van der Waals surface area contributed by atoms with E-state index >= 15 is 0 Å². The van der Waals surface area contributed by atoms with E-state index in [0.29, 0.717) is 6.42 Å². The number of hydrogen-bond acceptors (Lipinski definition) is 3. The van der Waals surface area contributed by atoms with Gasteiger partial charge >= 0.3 is 0 Å². The van der Waals surface area contributed by atoms with Crippen LogP contribution in [-0.4, -0.2) is 21.2 Å². The van der Waals surface area contributed by atoms with Crippen LogP contribution in [0, 0.1) is 6.92 Å². The summed E-state index contributed by atoms with van der Waals surface area (Å²) in [5, 5.41) is 19.7. The monoisotopic (exact) mass is 292 g/mol. The normalized spacial score (nSPS) is 11.0. The van der Waals surface area contributed by atoms with Crippen LogP contribution in [0.5, 0.6) is 5.75 Å². The van der Waals surface area contributed by atoms with Crippen molar-refractivity contribution >= 4 is 10.9 Å². The summed E-state index contributed by atoms with van der Waals surface area (Å²) >= 11 is 0. The Morgan fingerprint density at radius 2 is 1.86 bits per heavy atom. The van der Waals surface area contributed by atoms with Gasteiger partial charge in [0, 0.05) is 22.7 Å². The fourth-order valence-electron chi connectivity index (χ4n) is 1.98. The molecule has 0 bridgehead atoms. The van der Waals surface area contributed by atoms with Gasteiger partial charge in [-0.1, -0.05) is 34.3 Å². The first-order valence-corrected chi connectivity index (χ1v) is 7.42. The minimum Gasteiger partial charge on any atom is -0.511 e. The first-order chi connectivity index (χ1) is 9.99. The van der Waals surface area contributed by atoms with E-state index in [4.69, 9.17) is 5.73 Å². The number of aromatic hydroxyl groups is 1. The lowest BCUT2D eigenvalue weighted by atomic mass is 10.0. The van der Waals surface area contributed by atoms with Gasteiger partial charge in [0.15, 0.2) is 0 Å². The molecule has 0 aliphatic carbocycles. The summed E-state index contributed by atoms with van der Waals surface area (Å²) in [6.45, 7) is 13.4. The molecule has 21 heavy (non-hydrogen) atoms. The maximum Gasteiger partial charge on any atom is 0.117 e. The Balaban J connectivity index is 0.000000921. The molecule has 0 aliphatic heterocycles. The van der Waals surface area contributed by atoms with Crippen molar-refractivity contribution in [2.75, 3.05) is 0 Å². The predicted molar refractivity (Wildman–Crippen MR) is 90.8 cm³/mol. The highest BCUT2D eigenvalue weighted by Crippen LogP contribution is 2.26. The number of benzene rings is 1. The number of hydrogen-bond donors (Lipinski definition) is 4. The number of aromatic amines is 1. The van der Waals surface area contributed by atoms with Crippen molar-refractivity contribution in [1.29, 1.82) is 0 Å². The number of fused-ring (bicyclic) bond motifs is 1. The average Bonchev–Trinajstić information content (AvgIpc) is 2.78. The highest BCUT2D eigenvalue weighted by Gasteiger charge is 2.14. The minimum absolute atomic E-state index is 0.0162. The van der Waals surface area contributed by atoms with Crippen molar-refractivity contribution in [2.24, 2.45) is 5.73 Å². The van der Waals surface area contributed by atoms with E-state index in [9.17, 15) is 10.2 Å². The number of phenolic OH excluding ortho intramolecular Hbond substituents is 1. The molecule has 0 fully saturated rings. The third-order valence-corrected chi connectivity index (χ3v) is 2.96. The lowest BCUT2D eigenvalue weighted by Crippen LogP contribution is -2.24. The van der Waals surface area contributed by atoms with Gasteiger partial charge < -0.3 is 20.9 Å². The van der Waals surface area contributed by atoms with Crippen molar-refractivity contribution < 1.29 is 10.2 Å². The molecule has 1 unspecified atom stereocenters. The molecule has 0 amide bonds. The molecular weight excluding hydrogens is 264 g/mol. The van der Waals surface area contributed by atoms with Crippen molar-refractivity contribution in [3.05, 3.63) is 41.8 Å². The molecule has 2 rings (SSSR count). The van der Waals surface area contributed by atoms with Gasteiger partial charge in [-0.15, -0.1) is 0 Å². The maximum absolute atomic E-state index is 9.40. The average molecular weight is 292 g/mol. The Hall–Kier alpha value is -1.94. The van der Waals surface area contributed by atoms with E-state index in [0.717, 1.165) is 22.2 Å². The first-order valence-electron chi connectivity index (χ1n) is 7.42. The molecule has 1 aromatic carbocycles. The van der Waals surface area contributed by atoms with E-state index in [2.05, 4.69) is 11.6 Å². The SMILES string of the molecule is C=C(O)C(N)Cc1c(C)[nH]c2cc(O)ccc12.CC.CC. The Kier molecular flexibility index (Phi) is 8.24. The molecule has 0 spiro atoms. The first kappa shape index (κ1) is 19.1. The topological polar surface area (TPSA) is 82.3 Å². The lowest BCUT2D eigenvalue weighted by Gasteiger charge is -2.09. The molecule has 2 aromatic rings. The summed E-state index contributed by atoms with van der Waals surface area (Å²) < 4.78 is 0. The number of nitrogens with two attached hydrogens (primary N) is 1. The largest absolute Gasteiger partial charge is 0.511 e. The zero-order valence-electron chi connectivity index (χ0n) is 13.7. The van der Waals surface area contributed by atoms with Crippen molar-refractivity contribution in [3.63, 3.8) is 0 Å². The van der Waals surface area contributed by atoms with Gasteiger partial charge in [-0.2, -0.15) is 0 Å². The van der Waals surface area contributed by atoms with Crippen molar-refractivity contribution in [2.45, 2.75) is 47.1 Å². The Bertz CT molecular complexity index is 573. The van der Waals surface area contributed by atoms with Crippen molar-refractivity contribution in [1.82, 2.24) is 4.98 Å². The number of aryl methyl sites for hydroxylation is 1. The van der Waals surface area contributed by atoms with E-state index < -0.39 is 6.04 Å². The fraction of sp³-hybridized carbons (Fsp3) is 0.412. The highest BCUT2D eigenvalue weighted by molar-refractivity contribution is 5.85. The predicted octanol–water partition coefficient (Wildman–Crippen LogP) is 4.18. The van der Waals surface area contributed by atoms with Crippen LogP contribution in [0.2, 0.25) is 0 Å². The molecule has 4 nitrogen and oxygen atoms in total. The van der Waals surface area contributed by atoms with Crippen LogP contribution in [0.25, 0.3) is 10.9 Å². The zero-order valence-corrected chi connectivity index (χ0v) is 13.7. The number of aromatic nitrogens is 1. The van der Waals surface area contributed by atoms with E-state index in [1.807, 2.05) is 40.7 Å². The standard InChI is InChI=1S/C13H16N2O2.2C2H6/c1-7-11(6-12(14)8(2)16)10-4-3-9(17)5-13(10)15-7;2*1-2/h3-5,12,15-17H,2,6,14H2,1H3;2*1-2H3. The number of aliphatic hydroxyl groups is 1. The Morgan fingerprint density at radius 1 is 1.29 bits per heavy atom. The number of nitrogens with one attached hydrogen (secondary N) is 1. The molecule has 0 aliphatic rings. The summed E-state index contributed by atoms with van der Waals surface area (Å²) in [5.74, 6) is 0.207. The van der Waals surface area contributed by atoms with Crippen molar-refractivity contribution in [3.8, 4) is 5.75 Å². The van der Waals surface area contributed by atoms with Gasteiger partial charge in [-0.05, 0) is 31.0 Å². The molecule has 1 aromatic heterocycles. The van der Waals surface area contributed by atoms with Gasteiger partial charge in [0.2, 0.25) is 0 Å². The van der Waals surface area contributed by atoms with E-state index in [1.54, 1.807) is 12.1 Å². The number of rotatable bonds is 3. The molecule has 4 heteroatoms. The summed E-state index contributed by atoms with van der Waals surface area (Å²) in [7, 11) is 0. The molecular formula is C17H28N2O2. The van der Waals surface area contributed by atoms with Gasteiger partial charge in [-0.25, -0.2) is 0 Å². The van der Waals surface area contributed by atoms with Crippen LogP contribution in [0.15, 0.2) is 30.5 Å². The van der Waals surface area contributed by atoms with Crippen LogP contribution >= 0.6 is 0 Å². The summed E-state index contributed by atoms with van der Waals surface area (Å²) in [4.78, 5) is 3.19. The highest BCUT2D eigenvalue weighted by atomic mass is 16.3. The third-order valence-electron chi connectivity index (χ3n) is 2.96. The van der Waals surface area contributed by atoms with Gasteiger partial charge in [0.05, 0.1) is 6.04 Å². The molecule has 0 saturated carbocycles. The zero-order chi connectivity index (χ0) is 16.6. The van der Waals surface area contributed by atoms with Gasteiger partial charge in [-0.3, -0.25) is 0 Å². The van der Waals surface area contributed by atoms with E-state index in [-0.39, 0.29) is 11.5 Å². The third kappa shape index (κ3) is 4.83. The van der Waals surface area contributed by atoms with Gasteiger partial charge in [0.25, 0.3) is 0 Å². The Morgan fingerprint density at radius 3 is 2.38 bits per heavy atom. The maximum atomic E-state index is 9.40. The van der Waals surface area contributed by atoms with Crippen LogP contribution in [-0.2, 0) is 6.42 Å². The second-order valence-electron chi connectivity index (χ2n) is 4.26. The quantitative estimate of drug-likeness (QED) is 0.641. The molecule has 1 atom stereocenters. The van der Waals surface area contributed by atoms with Crippen LogP contribution in [0.3, 0.4) is 0 Å². The van der Waals surface area contributed by atoms with Crippen LogP contribution < -0.4 is 5.73 Å². The molecule has 0 saturated heterocycles. The summed E-state index contributed by atoms with van der Waals surface area (Å²) in [5.41, 5.74) is 8.69. The second kappa shape index (κ2) is 9.08. The summed E-state index contributed by atoms with van der Waals surface area (Å²) in [6.07, 6.45) is 0.520. The lowest BCUT2D eigenvalue weighted by molar-refractivity contribution is 0.368. The number of H-pyrrole nitrogens is 1. The molecule has 0 radical (unpaired) electrons. The second-order valence-corrected chi connectivity index (χ2v) is 4.26. The number of phenols is 1. The van der Waals surface area contributed by atoms with E-state index in [1.165, 1.54) is 0 Å². The smallest absolute Gasteiger partial charge is 0.117 e. The molecule has 1 heterocycles. The number of aliphatic hydroxyl groups excluding tert-OH is 1. The molecule has 5 N–H and O–H groups in total. The van der Waals surface area contributed by atoms with Gasteiger partial charge in [0.1, 0.15) is 11.5 Å². The molecule has 118 valence electrons. The Labute approximate surface area is 127 Å².